The quantitative estimate of drug-likeness (QED) is 0.720. The Labute approximate surface area is 104 Å². The molecule has 14 heavy (non-hydrogen) atoms. The SMILES string of the molecule is CC1=CC[C]([Zr][C]2=CC(C)=CC2)=C1.Cl. The van der Waals surface area contributed by atoms with Crippen molar-refractivity contribution in [2.45, 2.75) is 26.7 Å². The molecule has 0 aliphatic heterocycles. The van der Waals surface area contributed by atoms with Gasteiger partial charge >= 0.3 is 91.9 Å². The standard InChI is InChI=1S/2C6H7.ClH.Zr/c2*1-6-4-2-3-5-6;;/h2*4-5H,2H2,1H3;1H;. The van der Waals surface area contributed by atoms with Gasteiger partial charge in [-0.1, -0.05) is 0 Å². The first-order valence-corrected chi connectivity index (χ1v) is 7.21. The number of hydrogen-bond donors (Lipinski definition) is 0. The van der Waals surface area contributed by atoms with E-state index >= 15 is 0 Å². The van der Waals surface area contributed by atoms with Gasteiger partial charge in [0.05, 0.1) is 0 Å². The largest absolute Gasteiger partial charge is 0.147 e. The Morgan fingerprint density at radius 1 is 0.929 bits per heavy atom. The normalized spacial score (nSPS) is 19.3. The molecule has 0 amide bonds. The average Bonchev–Trinajstić information content (AvgIpc) is 2.62. The predicted octanol–water partition coefficient (Wildman–Crippen LogP) is 3.96. The van der Waals surface area contributed by atoms with Crippen LogP contribution in [0.1, 0.15) is 26.7 Å². The van der Waals surface area contributed by atoms with Crippen molar-refractivity contribution in [1.82, 2.24) is 0 Å². The molecule has 0 nitrogen and oxygen atoms in total. The number of halogens is 1. The smallest absolute Gasteiger partial charge is 0.147 e. The van der Waals surface area contributed by atoms with Gasteiger partial charge < -0.3 is 0 Å². The first kappa shape index (κ1) is 12.2. The van der Waals surface area contributed by atoms with Crippen LogP contribution in [0.15, 0.2) is 42.0 Å². The molecule has 0 aromatic rings. The van der Waals surface area contributed by atoms with E-state index in [0.717, 1.165) is 0 Å². The third kappa shape index (κ3) is 3.07. The molecule has 0 heterocycles. The molecule has 0 bridgehead atoms. The Bertz CT molecular complexity index is 311. The summed E-state index contributed by atoms with van der Waals surface area (Å²) in [5.74, 6) is 0. The minimum absolute atomic E-state index is 0. The molecule has 0 aromatic heterocycles. The molecule has 0 fully saturated rings. The first-order valence-electron chi connectivity index (χ1n) is 4.76. The van der Waals surface area contributed by atoms with Gasteiger partial charge in [0, 0.05) is 0 Å². The van der Waals surface area contributed by atoms with E-state index in [2.05, 4.69) is 38.2 Å². The second kappa shape index (κ2) is 5.28. The molecule has 2 rings (SSSR count). The first-order chi connectivity index (χ1) is 6.24. The minimum atomic E-state index is -0.364. The summed E-state index contributed by atoms with van der Waals surface area (Å²) in [7, 11) is 0. The maximum absolute atomic E-state index is 2.40. The van der Waals surface area contributed by atoms with Gasteiger partial charge in [0.15, 0.2) is 0 Å². The minimum Gasteiger partial charge on any atom is -0.147 e. The van der Waals surface area contributed by atoms with Crippen molar-refractivity contribution in [3.8, 4) is 0 Å². The maximum atomic E-state index is 2.40. The van der Waals surface area contributed by atoms with Gasteiger partial charge in [0.1, 0.15) is 0 Å². The van der Waals surface area contributed by atoms with Crippen LogP contribution < -0.4 is 0 Å². The van der Waals surface area contributed by atoms with Crippen molar-refractivity contribution < 1.29 is 23.2 Å². The molecular weight excluding hydrogens is 271 g/mol. The van der Waals surface area contributed by atoms with Crippen LogP contribution in [-0.4, -0.2) is 0 Å². The third-order valence-electron chi connectivity index (χ3n) is 2.41. The summed E-state index contributed by atoms with van der Waals surface area (Å²) in [6.07, 6.45) is 12.0. The van der Waals surface area contributed by atoms with E-state index in [9.17, 15) is 0 Å². The zero-order valence-electron chi connectivity index (χ0n) is 8.63. The molecule has 0 saturated heterocycles. The Morgan fingerprint density at radius 3 is 1.64 bits per heavy atom. The topological polar surface area (TPSA) is 0 Å². The molecule has 0 aromatic carbocycles. The van der Waals surface area contributed by atoms with E-state index in [4.69, 9.17) is 0 Å². The number of hydrogen-bond acceptors (Lipinski definition) is 0. The van der Waals surface area contributed by atoms with Gasteiger partial charge in [-0.05, 0) is 0 Å². The van der Waals surface area contributed by atoms with Crippen LogP contribution in [0.5, 0.6) is 0 Å². The molecule has 0 radical (unpaired) electrons. The van der Waals surface area contributed by atoms with Crippen molar-refractivity contribution in [3.63, 3.8) is 0 Å². The molecular formula is C12H15ClZr. The summed E-state index contributed by atoms with van der Waals surface area (Å²) >= 11 is -0.364. The van der Waals surface area contributed by atoms with Crippen molar-refractivity contribution in [2.24, 2.45) is 0 Å². The van der Waals surface area contributed by atoms with Crippen molar-refractivity contribution in [3.05, 3.63) is 42.0 Å². The van der Waals surface area contributed by atoms with E-state index in [1.807, 2.05) is 0 Å². The fourth-order valence-electron chi connectivity index (χ4n) is 1.71. The summed E-state index contributed by atoms with van der Waals surface area (Å²) in [5, 5.41) is 0. The van der Waals surface area contributed by atoms with Gasteiger partial charge in [-0.2, -0.15) is 0 Å². The zero-order valence-corrected chi connectivity index (χ0v) is 11.9. The van der Waals surface area contributed by atoms with Crippen LogP contribution in [0.2, 0.25) is 0 Å². The van der Waals surface area contributed by atoms with Gasteiger partial charge in [0.25, 0.3) is 0 Å². The third-order valence-corrected chi connectivity index (χ3v) is 5.70. The Morgan fingerprint density at radius 2 is 1.36 bits per heavy atom. The van der Waals surface area contributed by atoms with E-state index in [-0.39, 0.29) is 35.6 Å². The summed E-state index contributed by atoms with van der Waals surface area (Å²) in [4.78, 5) is 0. The van der Waals surface area contributed by atoms with Crippen LogP contribution in [0.4, 0.5) is 0 Å². The summed E-state index contributed by atoms with van der Waals surface area (Å²) in [5.41, 5.74) is 2.94. The fourth-order valence-corrected chi connectivity index (χ4v) is 5.20. The Balaban J connectivity index is 0.000000980. The molecule has 2 heteroatoms. The molecule has 0 atom stereocenters. The molecule has 0 spiro atoms. The fraction of sp³-hybridized carbons (Fsp3) is 0.333. The molecule has 0 N–H and O–H groups in total. The maximum Gasteiger partial charge on any atom is -0.147 e. The molecule has 2 aliphatic carbocycles. The zero-order chi connectivity index (χ0) is 9.26. The van der Waals surface area contributed by atoms with Gasteiger partial charge in [0.2, 0.25) is 0 Å². The average molecular weight is 286 g/mol. The van der Waals surface area contributed by atoms with E-state index in [0.29, 0.717) is 0 Å². The summed E-state index contributed by atoms with van der Waals surface area (Å²) in [6.45, 7) is 4.41. The van der Waals surface area contributed by atoms with Gasteiger partial charge in [-0.25, -0.2) is 0 Å². The Hall–Kier alpha value is 0.133. The molecule has 74 valence electrons. The number of allylic oxidation sites excluding steroid dienone is 8. The van der Waals surface area contributed by atoms with Gasteiger partial charge in [-0.15, -0.1) is 12.4 Å². The second-order valence-corrected chi connectivity index (χ2v) is 7.54. The van der Waals surface area contributed by atoms with E-state index < -0.39 is 0 Å². The Kier molecular flexibility index (Phi) is 4.60. The van der Waals surface area contributed by atoms with Crippen LogP contribution >= 0.6 is 12.4 Å². The van der Waals surface area contributed by atoms with Crippen molar-refractivity contribution in [1.29, 1.82) is 0 Å². The number of rotatable bonds is 2. The van der Waals surface area contributed by atoms with Crippen LogP contribution in [0.3, 0.4) is 0 Å². The molecule has 0 unspecified atom stereocenters. The second-order valence-electron chi connectivity index (χ2n) is 3.77. The predicted molar refractivity (Wildman–Crippen MR) is 60.2 cm³/mol. The van der Waals surface area contributed by atoms with Crippen LogP contribution in [-0.2, 0) is 23.2 Å². The van der Waals surface area contributed by atoms with Gasteiger partial charge in [-0.3, -0.25) is 0 Å². The van der Waals surface area contributed by atoms with E-state index in [1.165, 1.54) is 24.0 Å². The monoisotopic (exact) mass is 284 g/mol. The van der Waals surface area contributed by atoms with E-state index in [1.54, 1.807) is 6.56 Å². The summed E-state index contributed by atoms with van der Waals surface area (Å²) in [6, 6.07) is 0. The van der Waals surface area contributed by atoms with Crippen molar-refractivity contribution >= 4 is 12.4 Å². The van der Waals surface area contributed by atoms with Crippen LogP contribution in [0.25, 0.3) is 0 Å². The summed E-state index contributed by atoms with van der Waals surface area (Å²) < 4.78 is 3.49. The van der Waals surface area contributed by atoms with Crippen molar-refractivity contribution in [2.75, 3.05) is 0 Å². The molecule has 0 saturated carbocycles. The van der Waals surface area contributed by atoms with Crippen LogP contribution in [0, 0.1) is 0 Å². The molecule has 2 aliphatic rings.